The van der Waals surface area contributed by atoms with Gasteiger partial charge in [0.2, 0.25) is 5.91 Å². The highest BCUT2D eigenvalue weighted by Gasteiger charge is 2.10. The summed E-state index contributed by atoms with van der Waals surface area (Å²) in [5.74, 6) is -0.492. The Kier molecular flexibility index (Phi) is 6.32. The zero-order valence-electron chi connectivity index (χ0n) is 14.7. The highest BCUT2D eigenvalue weighted by atomic mass is 16.3. The lowest BCUT2D eigenvalue weighted by atomic mass is 10.1. The van der Waals surface area contributed by atoms with Crippen molar-refractivity contribution < 1.29 is 14.7 Å². The van der Waals surface area contributed by atoms with Gasteiger partial charge in [-0.3, -0.25) is 9.59 Å². The fourth-order valence-corrected chi connectivity index (χ4v) is 2.25. The van der Waals surface area contributed by atoms with Gasteiger partial charge in [-0.1, -0.05) is 6.92 Å². The molecule has 2 amide bonds. The summed E-state index contributed by atoms with van der Waals surface area (Å²) in [6.45, 7) is 3.57. The van der Waals surface area contributed by atoms with Crippen molar-refractivity contribution in [3.8, 4) is 5.75 Å². The molecule has 2 aromatic rings. The SMILES string of the molecule is CCCC(=O)Nc1ccc(O)c(/C(C)=N/NC(=O)c2ccc(N)cc2)c1. The fraction of sp³-hybridized carbons (Fsp3) is 0.211. The number of phenolic OH excluding ortho intramolecular Hbond substituents is 1. The number of aromatic hydroxyl groups is 1. The number of hydrogen-bond acceptors (Lipinski definition) is 5. The molecule has 0 fully saturated rings. The van der Waals surface area contributed by atoms with Crippen LogP contribution in [0, 0.1) is 0 Å². The number of nitrogens with two attached hydrogens (primary N) is 1. The lowest BCUT2D eigenvalue weighted by molar-refractivity contribution is -0.116. The van der Waals surface area contributed by atoms with Gasteiger partial charge in [0.1, 0.15) is 5.75 Å². The zero-order valence-corrected chi connectivity index (χ0v) is 14.7. The van der Waals surface area contributed by atoms with Crippen LogP contribution in [-0.4, -0.2) is 22.6 Å². The molecule has 0 atom stereocenters. The maximum Gasteiger partial charge on any atom is 0.271 e. The van der Waals surface area contributed by atoms with Crippen LogP contribution in [0.1, 0.15) is 42.6 Å². The topological polar surface area (TPSA) is 117 Å². The third-order valence-corrected chi connectivity index (χ3v) is 3.65. The summed E-state index contributed by atoms with van der Waals surface area (Å²) < 4.78 is 0. The first-order valence-electron chi connectivity index (χ1n) is 8.24. The Hall–Kier alpha value is -3.35. The number of nitrogens with one attached hydrogen (secondary N) is 2. The normalized spacial score (nSPS) is 11.1. The van der Waals surface area contributed by atoms with E-state index in [2.05, 4.69) is 15.8 Å². The fourth-order valence-electron chi connectivity index (χ4n) is 2.25. The van der Waals surface area contributed by atoms with Gasteiger partial charge in [0.05, 0.1) is 5.71 Å². The van der Waals surface area contributed by atoms with Crippen molar-refractivity contribution in [1.82, 2.24) is 5.43 Å². The molecule has 0 radical (unpaired) electrons. The minimum Gasteiger partial charge on any atom is -0.507 e. The molecule has 0 unspecified atom stereocenters. The van der Waals surface area contributed by atoms with Gasteiger partial charge in [-0.2, -0.15) is 5.10 Å². The second-order valence-corrected chi connectivity index (χ2v) is 5.79. The Labute approximate surface area is 151 Å². The number of carbonyl (C=O) groups excluding carboxylic acids is 2. The minimum absolute atomic E-state index is 0.00136. The van der Waals surface area contributed by atoms with E-state index in [1.807, 2.05) is 6.92 Å². The molecule has 0 saturated carbocycles. The van der Waals surface area contributed by atoms with Crippen LogP contribution in [0.3, 0.4) is 0 Å². The second kappa shape index (κ2) is 8.66. The van der Waals surface area contributed by atoms with Gasteiger partial charge in [-0.15, -0.1) is 0 Å². The summed E-state index contributed by atoms with van der Waals surface area (Å²) in [6, 6.07) is 11.1. The van der Waals surface area contributed by atoms with Gasteiger partial charge in [0, 0.05) is 28.9 Å². The van der Waals surface area contributed by atoms with Crippen LogP contribution in [0.4, 0.5) is 11.4 Å². The van der Waals surface area contributed by atoms with E-state index in [-0.39, 0.29) is 11.7 Å². The number of benzene rings is 2. The molecule has 26 heavy (non-hydrogen) atoms. The van der Waals surface area contributed by atoms with Crippen LogP contribution in [0.5, 0.6) is 5.75 Å². The molecule has 0 aliphatic carbocycles. The van der Waals surface area contributed by atoms with Gasteiger partial charge in [0.15, 0.2) is 0 Å². The summed E-state index contributed by atoms with van der Waals surface area (Å²) in [6.07, 6.45) is 1.16. The predicted molar refractivity (Wildman–Crippen MR) is 102 cm³/mol. The number of rotatable bonds is 6. The maximum atomic E-state index is 12.1. The Bertz CT molecular complexity index is 829. The molecular weight excluding hydrogens is 332 g/mol. The molecule has 0 aliphatic rings. The van der Waals surface area contributed by atoms with E-state index in [1.54, 1.807) is 43.3 Å². The minimum atomic E-state index is -0.392. The van der Waals surface area contributed by atoms with E-state index in [9.17, 15) is 14.7 Å². The zero-order chi connectivity index (χ0) is 19.1. The number of nitrogens with zero attached hydrogens (tertiary/aromatic N) is 1. The smallest absolute Gasteiger partial charge is 0.271 e. The molecule has 2 aromatic carbocycles. The molecule has 5 N–H and O–H groups in total. The van der Waals surface area contributed by atoms with Crippen LogP contribution in [0.25, 0.3) is 0 Å². The average molecular weight is 354 g/mol. The molecule has 0 spiro atoms. The lowest BCUT2D eigenvalue weighted by Gasteiger charge is -2.09. The van der Waals surface area contributed by atoms with Crippen LogP contribution in [0.2, 0.25) is 0 Å². The Morgan fingerprint density at radius 1 is 1.15 bits per heavy atom. The van der Waals surface area contributed by atoms with Gasteiger partial charge in [-0.25, -0.2) is 5.43 Å². The van der Waals surface area contributed by atoms with Crippen molar-refractivity contribution in [3.63, 3.8) is 0 Å². The van der Waals surface area contributed by atoms with E-state index >= 15 is 0 Å². The molecule has 0 aromatic heterocycles. The Morgan fingerprint density at radius 2 is 1.85 bits per heavy atom. The molecule has 0 saturated heterocycles. The predicted octanol–water partition coefficient (Wildman–Crippen LogP) is 2.87. The molecule has 7 nitrogen and oxygen atoms in total. The van der Waals surface area contributed by atoms with Gasteiger partial charge in [0.25, 0.3) is 5.91 Å². The third-order valence-electron chi connectivity index (χ3n) is 3.65. The molecule has 2 rings (SSSR count). The lowest BCUT2D eigenvalue weighted by Crippen LogP contribution is -2.19. The molecule has 136 valence electrons. The monoisotopic (exact) mass is 354 g/mol. The van der Waals surface area contributed by atoms with Crippen LogP contribution >= 0.6 is 0 Å². The van der Waals surface area contributed by atoms with Crippen molar-refractivity contribution in [2.24, 2.45) is 5.10 Å². The quantitative estimate of drug-likeness (QED) is 0.276. The first-order chi connectivity index (χ1) is 12.4. The molecule has 7 heteroatoms. The largest absolute Gasteiger partial charge is 0.507 e. The number of carbonyl (C=O) groups is 2. The first kappa shape index (κ1) is 19.0. The Balaban J connectivity index is 2.13. The van der Waals surface area contributed by atoms with Gasteiger partial charge < -0.3 is 16.2 Å². The van der Waals surface area contributed by atoms with Crippen molar-refractivity contribution in [1.29, 1.82) is 0 Å². The van der Waals surface area contributed by atoms with E-state index < -0.39 is 5.91 Å². The van der Waals surface area contributed by atoms with E-state index in [0.29, 0.717) is 34.6 Å². The number of phenols is 1. The summed E-state index contributed by atoms with van der Waals surface area (Å²) in [7, 11) is 0. The van der Waals surface area contributed by atoms with Crippen molar-refractivity contribution >= 4 is 28.9 Å². The summed E-state index contributed by atoms with van der Waals surface area (Å²) in [5.41, 5.74) is 10.4. The van der Waals surface area contributed by atoms with Crippen molar-refractivity contribution in [2.45, 2.75) is 26.7 Å². The molecule has 0 heterocycles. The number of nitrogen functional groups attached to an aromatic ring is 1. The first-order valence-corrected chi connectivity index (χ1v) is 8.24. The van der Waals surface area contributed by atoms with Crippen LogP contribution < -0.4 is 16.5 Å². The third kappa shape index (κ3) is 5.07. The number of hydrazone groups is 1. The maximum absolute atomic E-state index is 12.1. The summed E-state index contributed by atoms with van der Waals surface area (Å²) in [5, 5.41) is 16.8. The van der Waals surface area contributed by atoms with E-state index in [1.165, 1.54) is 6.07 Å². The summed E-state index contributed by atoms with van der Waals surface area (Å²) >= 11 is 0. The number of anilines is 2. The van der Waals surface area contributed by atoms with Crippen LogP contribution in [-0.2, 0) is 4.79 Å². The average Bonchev–Trinajstić information content (AvgIpc) is 2.61. The van der Waals surface area contributed by atoms with E-state index in [4.69, 9.17) is 5.73 Å². The van der Waals surface area contributed by atoms with Gasteiger partial charge >= 0.3 is 0 Å². The summed E-state index contributed by atoms with van der Waals surface area (Å²) in [4.78, 5) is 23.8. The molecular formula is C19H22N4O3. The number of hydrogen-bond donors (Lipinski definition) is 4. The van der Waals surface area contributed by atoms with Gasteiger partial charge in [-0.05, 0) is 55.8 Å². The second-order valence-electron chi connectivity index (χ2n) is 5.79. The van der Waals surface area contributed by atoms with Crippen LogP contribution in [0.15, 0.2) is 47.6 Å². The highest BCUT2D eigenvalue weighted by molar-refractivity contribution is 6.04. The Morgan fingerprint density at radius 3 is 2.50 bits per heavy atom. The standard InChI is InChI=1S/C19H22N4O3/c1-3-4-18(25)21-15-9-10-17(24)16(11-15)12(2)22-23-19(26)13-5-7-14(20)8-6-13/h5-11,24H,3-4,20H2,1-2H3,(H,21,25)(H,23,26)/b22-12+. The molecule has 0 bridgehead atoms. The highest BCUT2D eigenvalue weighted by Crippen LogP contribution is 2.22. The number of amides is 2. The van der Waals surface area contributed by atoms with Crippen molar-refractivity contribution in [3.05, 3.63) is 53.6 Å². The van der Waals surface area contributed by atoms with E-state index in [0.717, 1.165) is 6.42 Å². The van der Waals surface area contributed by atoms with Crippen molar-refractivity contribution in [2.75, 3.05) is 11.1 Å². The molecule has 0 aliphatic heterocycles.